The molecule has 90 valence electrons. The van der Waals surface area contributed by atoms with Crippen LogP contribution in [0.2, 0.25) is 0 Å². The average Bonchev–Trinajstić information content (AvgIpc) is 2.23. The third kappa shape index (κ3) is 9.69. The zero-order valence-corrected chi connectivity index (χ0v) is 9.88. The van der Waals surface area contributed by atoms with E-state index >= 15 is 0 Å². The van der Waals surface area contributed by atoms with E-state index in [4.69, 9.17) is 5.11 Å². The minimum absolute atomic E-state index is 0.0616. The number of hydrogen-bond acceptors (Lipinski definition) is 3. The van der Waals surface area contributed by atoms with Gasteiger partial charge in [0.05, 0.1) is 6.54 Å². The Kier molecular flexibility index (Phi) is 9.52. The van der Waals surface area contributed by atoms with Crippen molar-refractivity contribution in [2.24, 2.45) is 0 Å². The van der Waals surface area contributed by atoms with Crippen LogP contribution in [0.3, 0.4) is 0 Å². The van der Waals surface area contributed by atoms with Crippen LogP contribution in [-0.2, 0) is 4.79 Å². The Hall–Kier alpha value is -0.610. The number of amides is 1. The normalized spacial score (nSPS) is 12.5. The molecule has 0 aromatic carbocycles. The highest BCUT2D eigenvalue weighted by atomic mass is 16.2. The van der Waals surface area contributed by atoms with Crippen LogP contribution in [0.1, 0.15) is 39.5 Å². The molecular formula is C11H24N2O2. The second-order valence-electron chi connectivity index (χ2n) is 3.84. The van der Waals surface area contributed by atoms with Gasteiger partial charge >= 0.3 is 0 Å². The summed E-state index contributed by atoms with van der Waals surface area (Å²) in [5, 5.41) is 14.5. The van der Waals surface area contributed by atoms with Gasteiger partial charge in [-0.3, -0.25) is 4.79 Å². The Morgan fingerprint density at radius 3 is 2.67 bits per heavy atom. The summed E-state index contributed by atoms with van der Waals surface area (Å²) in [6.45, 7) is 5.54. The van der Waals surface area contributed by atoms with Crippen LogP contribution < -0.4 is 10.6 Å². The van der Waals surface area contributed by atoms with E-state index in [0.29, 0.717) is 6.54 Å². The molecule has 4 heteroatoms. The highest BCUT2D eigenvalue weighted by molar-refractivity contribution is 5.78. The van der Waals surface area contributed by atoms with Gasteiger partial charge in [0, 0.05) is 12.6 Å². The first-order valence-electron chi connectivity index (χ1n) is 5.81. The van der Waals surface area contributed by atoms with Crippen molar-refractivity contribution in [3.05, 3.63) is 0 Å². The maximum Gasteiger partial charge on any atom is 0.234 e. The van der Waals surface area contributed by atoms with Crippen LogP contribution in [0, 0.1) is 0 Å². The van der Waals surface area contributed by atoms with E-state index < -0.39 is 0 Å². The third-order valence-corrected chi connectivity index (χ3v) is 2.32. The van der Waals surface area contributed by atoms with Crippen molar-refractivity contribution >= 4 is 5.91 Å². The number of carbonyl (C=O) groups excluding carboxylic acids is 1. The van der Waals surface area contributed by atoms with Crippen LogP contribution in [0.15, 0.2) is 0 Å². The highest BCUT2D eigenvalue weighted by Gasteiger charge is 2.03. The fourth-order valence-corrected chi connectivity index (χ4v) is 1.17. The molecule has 0 aromatic heterocycles. The molecule has 15 heavy (non-hydrogen) atoms. The van der Waals surface area contributed by atoms with Crippen LogP contribution in [0.4, 0.5) is 0 Å². The topological polar surface area (TPSA) is 61.4 Å². The number of carbonyl (C=O) groups is 1. The maximum absolute atomic E-state index is 11.3. The van der Waals surface area contributed by atoms with Crippen LogP contribution in [0.25, 0.3) is 0 Å². The summed E-state index contributed by atoms with van der Waals surface area (Å²) in [7, 11) is 0. The van der Waals surface area contributed by atoms with Crippen molar-refractivity contribution in [1.82, 2.24) is 10.6 Å². The third-order valence-electron chi connectivity index (χ3n) is 2.32. The van der Waals surface area contributed by atoms with E-state index in [0.717, 1.165) is 32.2 Å². The number of aliphatic hydroxyl groups is 1. The zero-order valence-electron chi connectivity index (χ0n) is 9.88. The van der Waals surface area contributed by atoms with Gasteiger partial charge in [-0.05, 0) is 39.2 Å². The molecular weight excluding hydrogens is 192 g/mol. The van der Waals surface area contributed by atoms with Gasteiger partial charge in [-0.2, -0.15) is 0 Å². The molecule has 0 aliphatic heterocycles. The number of nitrogens with one attached hydrogen (secondary N) is 2. The van der Waals surface area contributed by atoms with Gasteiger partial charge in [0.15, 0.2) is 0 Å². The van der Waals surface area contributed by atoms with Crippen molar-refractivity contribution in [2.75, 3.05) is 19.7 Å². The monoisotopic (exact) mass is 216 g/mol. The molecule has 0 spiro atoms. The fraction of sp³-hybridized carbons (Fsp3) is 0.909. The van der Waals surface area contributed by atoms with Crippen molar-refractivity contribution < 1.29 is 9.90 Å². The van der Waals surface area contributed by atoms with Gasteiger partial charge in [0.2, 0.25) is 5.91 Å². The van der Waals surface area contributed by atoms with E-state index in [1.807, 2.05) is 13.8 Å². The quantitative estimate of drug-likeness (QED) is 0.496. The summed E-state index contributed by atoms with van der Waals surface area (Å²) in [6.07, 6.45) is 3.83. The van der Waals surface area contributed by atoms with Gasteiger partial charge < -0.3 is 15.7 Å². The van der Waals surface area contributed by atoms with Crippen LogP contribution in [-0.4, -0.2) is 36.8 Å². The molecule has 1 unspecified atom stereocenters. The smallest absolute Gasteiger partial charge is 0.234 e. The molecule has 1 atom stereocenters. The fourth-order valence-electron chi connectivity index (χ4n) is 1.17. The second kappa shape index (κ2) is 9.93. The first kappa shape index (κ1) is 14.4. The lowest BCUT2D eigenvalue weighted by Crippen LogP contribution is -2.38. The number of aliphatic hydroxyl groups excluding tert-OH is 1. The summed E-state index contributed by atoms with van der Waals surface area (Å²) < 4.78 is 0. The van der Waals surface area contributed by atoms with Gasteiger partial charge in [-0.1, -0.05) is 6.92 Å². The molecule has 0 heterocycles. The van der Waals surface area contributed by atoms with E-state index in [1.54, 1.807) is 0 Å². The highest BCUT2D eigenvalue weighted by Crippen LogP contribution is 1.91. The maximum atomic E-state index is 11.3. The van der Waals surface area contributed by atoms with Crippen molar-refractivity contribution in [1.29, 1.82) is 0 Å². The van der Waals surface area contributed by atoms with E-state index in [2.05, 4.69) is 10.6 Å². The molecule has 0 radical (unpaired) electrons. The SMILES string of the molecule is CCC(C)NC(=O)CNCCCCCO. The second-order valence-corrected chi connectivity index (χ2v) is 3.84. The predicted molar refractivity (Wildman–Crippen MR) is 61.7 cm³/mol. The molecule has 3 N–H and O–H groups in total. The Balaban J connectivity index is 3.24. The molecule has 0 bridgehead atoms. The largest absolute Gasteiger partial charge is 0.396 e. The molecule has 0 saturated heterocycles. The lowest BCUT2D eigenvalue weighted by Gasteiger charge is -2.11. The van der Waals surface area contributed by atoms with Gasteiger partial charge in [0.25, 0.3) is 0 Å². The van der Waals surface area contributed by atoms with E-state index in [9.17, 15) is 4.79 Å². The first-order chi connectivity index (χ1) is 7.20. The molecule has 0 aliphatic carbocycles. The Morgan fingerprint density at radius 2 is 2.07 bits per heavy atom. The Bertz CT molecular complexity index is 163. The Morgan fingerprint density at radius 1 is 1.33 bits per heavy atom. The van der Waals surface area contributed by atoms with Crippen LogP contribution in [0.5, 0.6) is 0 Å². The number of hydrogen-bond donors (Lipinski definition) is 3. The standard InChI is InChI=1S/C11H24N2O2/c1-3-10(2)13-11(15)9-12-7-5-4-6-8-14/h10,12,14H,3-9H2,1-2H3,(H,13,15). The van der Waals surface area contributed by atoms with Crippen molar-refractivity contribution in [3.63, 3.8) is 0 Å². The molecule has 0 aliphatic rings. The van der Waals surface area contributed by atoms with Gasteiger partial charge in [0.1, 0.15) is 0 Å². The summed E-state index contributed by atoms with van der Waals surface area (Å²) in [4.78, 5) is 11.3. The summed E-state index contributed by atoms with van der Waals surface area (Å²) in [6, 6.07) is 0.258. The van der Waals surface area contributed by atoms with E-state index in [1.165, 1.54) is 0 Å². The van der Waals surface area contributed by atoms with Crippen molar-refractivity contribution in [2.45, 2.75) is 45.6 Å². The molecule has 1 amide bonds. The molecule has 0 aromatic rings. The predicted octanol–water partition coefficient (Wildman–Crippen LogP) is 0.653. The van der Waals surface area contributed by atoms with Gasteiger partial charge in [-0.25, -0.2) is 0 Å². The minimum Gasteiger partial charge on any atom is -0.396 e. The van der Waals surface area contributed by atoms with Gasteiger partial charge in [-0.15, -0.1) is 0 Å². The summed E-state index contributed by atoms with van der Waals surface area (Å²) in [5.74, 6) is 0.0616. The molecule has 0 rings (SSSR count). The average molecular weight is 216 g/mol. The number of rotatable bonds is 9. The zero-order chi connectivity index (χ0) is 11.5. The molecule has 0 saturated carbocycles. The van der Waals surface area contributed by atoms with Crippen molar-refractivity contribution in [3.8, 4) is 0 Å². The minimum atomic E-state index is 0.0616. The van der Waals surface area contributed by atoms with Crippen LogP contribution >= 0.6 is 0 Å². The van der Waals surface area contributed by atoms with E-state index in [-0.39, 0.29) is 18.6 Å². The lowest BCUT2D eigenvalue weighted by molar-refractivity contribution is -0.120. The molecule has 4 nitrogen and oxygen atoms in total. The summed E-state index contributed by atoms with van der Waals surface area (Å²) in [5.41, 5.74) is 0. The Labute approximate surface area is 92.4 Å². The summed E-state index contributed by atoms with van der Waals surface area (Å²) >= 11 is 0. The first-order valence-corrected chi connectivity index (χ1v) is 5.81. The number of unbranched alkanes of at least 4 members (excludes halogenated alkanes) is 2. The lowest BCUT2D eigenvalue weighted by atomic mass is 10.2. The molecule has 0 fully saturated rings.